The number of imide groups is 1. The Morgan fingerprint density at radius 3 is 2.31 bits per heavy atom. The molecule has 0 unspecified atom stereocenters. The number of alkyl halides is 2. The van der Waals surface area contributed by atoms with E-state index >= 15 is 4.39 Å². The number of nitrogens with one attached hydrogen (secondary N) is 2. The van der Waals surface area contributed by atoms with E-state index in [2.05, 4.69) is 10.6 Å². The topological polar surface area (TPSA) is 209 Å². The Kier molecular flexibility index (Phi) is 12.6. The SMILES string of the molecule is C[C@H](NC(=O)CCN1C(=O)C=CC1=O)C(=O)N[C@@H](C)C(=O)N(C)c1cccc(Cc2ccc([C@@H]3O[C@@H]4C[C@H]5[C@@H]6C[C@H](CF)C7=CC(=O)C=C[C@]7(C)[C@@]6(F)[C@@H](O)C[C@]5(C)[C@]4(C(=O)CO)O3)cc2)c1. The molecular weight excluding hydrogens is 871 g/mol. The molecule has 8 rings (SSSR count). The minimum absolute atomic E-state index is 0.0133. The van der Waals surface area contributed by atoms with Gasteiger partial charge in [-0.3, -0.25) is 42.9 Å². The van der Waals surface area contributed by atoms with Gasteiger partial charge in [-0.25, -0.2) is 4.39 Å². The average molecular weight is 927 g/mol. The largest absolute Gasteiger partial charge is 0.390 e. The number of likely N-dealkylation sites (N-methyl/N-ethyl adjacent to an activating group) is 1. The van der Waals surface area contributed by atoms with Crippen LogP contribution in [0, 0.1) is 28.6 Å². The van der Waals surface area contributed by atoms with E-state index < -0.39 is 119 Å². The summed E-state index contributed by atoms with van der Waals surface area (Å²) >= 11 is 0. The number of hydrogen-bond donors (Lipinski definition) is 4. The number of benzene rings is 2. The second kappa shape index (κ2) is 17.7. The van der Waals surface area contributed by atoms with Crippen LogP contribution in [0.5, 0.6) is 0 Å². The van der Waals surface area contributed by atoms with E-state index in [9.17, 15) is 48.2 Å². The van der Waals surface area contributed by atoms with Crippen LogP contribution in [-0.2, 0) is 49.5 Å². The number of carbonyl (C=O) groups excluding carboxylic acids is 7. The average Bonchev–Trinajstić information content (AvgIpc) is 3.93. The van der Waals surface area contributed by atoms with Crippen LogP contribution < -0.4 is 15.5 Å². The summed E-state index contributed by atoms with van der Waals surface area (Å²) < 4.78 is 45.9. The highest BCUT2D eigenvalue weighted by Gasteiger charge is 2.80. The number of rotatable bonds is 14. The molecule has 67 heavy (non-hydrogen) atoms. The summed E-state index contributed by atoms with van der Waals surface area (Å²) in [6.45, 7) is 4.52. The van der Waals surface area contributed by atoms with Crippen LogP contribution >= 0.6 is 0 Å². The third-order valence-corrected chi connectivity index (χ3v) is 15.5. The Balaban J connectivity index is 0.906. The van der Waals surface area contributed by atoms with Crippen LogP contribution in [0.25, 0.3) is 0 Å². The van der Waals surface area contributed by atoms with Crippen LogP contribution in [0.15, 0.2) is 84.5 Å². The summed E-state index contributed by atoms with van der Waals surface area (Å²) in [6.07, 6.45) is 2.93. The van der Waals surface area contributed by atoms with E-state index in [1.54, 1.807) is 45.2 Å². The van der Waals surface area contributed by atoms with Crippen LogP contribution in [0.1, 0.15) is 76.4 Å². The Hall–Kier alpha value is -5.75. The number of carbonyl (C=O) groups is 7. The summed E-state index contributed by atoms with van der Waals surface area (Å²) in [5.41, 5.74) is -3.46. The number of ketones is 2. The molecule has 4 aliphatic carbocycles. The molecule has 4 fully saturated rings. The zero-order valence-corrected chi connectivity index (χ0v) is 38.0. The van der Waals surface area contributed by atoms with Gasteiger partial charge in [0.25, 0.3) is 11.8 Å². The van der Waals surface area contributed by atoms with Gasteiger partial charge in [0.2, 0.25) is 17.7 Å². The van der Waals surface area contributed by atoms with Crippen molar-refractivity contribution in [3.63, 3.8) is 0 Å². The van der Waals surface area contributed by atoms with Crippen molar-refractivity contribution in [1.82, 2.24) is 15.5 Å². The number of anilines is 1. The normalized spacial score (nSPS) is 33.5. The van der Waals surface area contributed by atoms with Crippen LogP contribution in [-0.4, -0.2) is 119 Å². The number of ether oxygens (including phenoxy) is 2. The summed E-state index contributed by atoms with van der Waals surface area (Å²) in [4.78, 5) is 91.0. The molecule has 15 nitrogen and oxygen atoms in total. The monoisotopic (exact) mass is 926 g/mol. The third kappa shape index (κ3) is 7.77. The summed E-state index contributed by atoms with van der Waals surface area (Å²) in [7, 11) is 1.58. The first-order valence-corrected chi connectivity index (χ1v) is 22.7. The lowest BCUT2D eigenvalue weighted by Crippen LogP contribution is -2.70. The molecule has 0 aromatic heterocycles. The van der Waals surface area contributed by atoms with E-state index in [1.807, 2.05) is 24.3 Å². The predicted octanol–water partition coefficient (Wildman–Crippen LogP) is 3.46. The van der Waals surface area contributed by atoms with Crippen molar-refractivity contribution in [2.45, 2.75) is 102 Å². The number of Topliss-reactive ketones (excluding diaryl/α,β-unsaturated/α-hetero) is 1. The maximum Gasteiger partial charge on any atom is 0.253 e. The van der Waals surface area contributed by atoms with Gasteiger partial charge < -0.3 is 35.2 Å². The molecule has 2 aromatic carbocycles. The van der Waals surface area contributed by atoms with Crippen molar-refractivity contribution >= 4 is 46.8 Å². The van der Waals surface area contributed by atoms with Crippen molar-refractivity contribution in [1.29, 1.82) is 0 Å². The van der Waals surface area contributed by atoms with Crippen molar-refractivity contribution in [2.24, 2.45) is 28.6 Å². The highest BCUT2D eigenvalue weighted by molar-refractivity contribution is 6.13. The molecule has 0 radical (unpaired) electrons. The van der Waals surface area contributed by atoms with Crippen molar-refractivity contribution in [2.75, 3.05) is 31.8 Å². The Morgan fingerprint density at radius 2 is 1.64 bits per heavy atom. The number of fused-ring (bicyclic) bond motifs is 7. The molecule has 6 aliphatic rings. The second-order valence-electron chi connectivity index (χ2n) is 19.3. The van der Waals surface area contributed by atoms with E-state index in [0.29, 0.717) is 23.2 Å². The van der Waals surface area contributed by atoms with Gasteiger partial charge in [0.1, 0.15) is 18.7 Å². The quantitative estimate of drug-likeness (QED) is 0.202. The van der Waals surface area contributed by atoms with Gasteiger partial charge in [-0.2, -0.15) is 0 Å². The number of amides is 5. The summed E-state index contributed by atoms with van der Waals surface area (Å²) in [5.74, 6) is -5.89. The van der Waals surface area contributed by atoms with E-state index in [-0.39, 0.29) is 38.0 Å². The first-order valence-electron chi connectivity index (χ1n) is 22.7. The van der Waals surface area contributed by atoms with E-state index in [0.717, 1.165) is 28.2 Å². The molecule has 5 amide bonds. The zero-order valence-electron chi connectivity index (χ0n) is 38.0. The Morgan fingerprint density at radius 1 is 0.940 bits per heavy atom. The molecule has 2 heterocycles. The molecule has 3 saturated carbocycles. The highest BCUT2D eigenvalue weighted by Crippen LogP contribution is 2.73. The fourth-order valence-electron chi connectivity index (χ4n) is 12.0. The fraction of sp³-hybridized carbons (Fsp3) is 0.500. The molecule has 2 aliphatic heterocycles. The van der Waals surface area contributed by atoms with Crippen LogP contribution in [0.3, 0.4) is 0 Å². The fourth-order valence-corrected chi connectivity index (χ4v) is 12.0. The number of nitrogens with zero attached hydrogens (tertiary/aromatic N) is 2. The van der Waals surface area contributed by atoms with Gasteiger partial charge in [-0.15, -0.1) is 0 Å². The second-order valence-corrected chi connectivity index (χ2v) is 19.3. The van der Waals surface area contributed by atoms with E-state index in [1.165, 1.54) is 37.0 Å². The summed E-state index contributed by atoms with van der Waals surface area (Å²) in [6, 6.07) is 12.7. The van der Waals surface area contributed by atoms with Crippen molar-refractivity contribution in [3.05, 3.63) is 101 Å². The van der Waals surface area contributed by atoms with Gasteiger partial charge in [0.15, 0.2) is 29.1 Å². The Labute approximate surface area is 386 Å². The molecule has 356 valence electrons. The lowest BCUT2D eigenvalue weighted by molar-refractivity contribution is -0.235. The van der Waals surface area contributed by atoms with Gasteiger partial charge in [-0.1, -0.05) is 49.4 Å². The van der Waals surface area contributed by atoms with Gasteiger partial charge >= 0.3 is 0 Å². The van der Waals surface area contributed by atoms with Crippen molar-refractivity contribution in [3.8, 4) is 0 Å². The van der Waals surface area contributed by atoms with Gasteiger partial charge in [0.05, 0.1) is 18.9 Å². The maximum absolute atomic E-state index is 17.9. The molecular formula is C50H56F2N4O11. The predicted molar refractivity (Wildman–Crippen MR) is 237 cm³/mol. The third-order valence-electron chi connectivity index (χ3n) is 15.5. The smallest absolute Gasteiger partial charge is 0.253 e. The highest BCUT2D eigenvalue weighted by atomic mass is 19.1. The maximum atomic E-state index is 17.9. The van der Waals surface area contributed by atoms with Gasteiger partial charge in [0, 0.05) is 66.1 Å². The number of allylic oxidation sites excluding steroid dienone is 4. The first kappa shape index (κ1) is 47.7. The first-order chi connectivity index (χ1) is 31.7. The molecule has 0 spiro atoms. The minimum Gasteiger partial charge on any atom is -0.390 e. The number of aliphatic hydroxyl groups is 2. The molecule has 2 aromatic rings. The lowest BCUT2D eigenvalue weighted by Gasteiger charge is -2.63. The molecule has 12 atom stereocenters. The molecule has 17 heteroatoms. The lowest BCUT2D eigenvalue weighted by atomic mass is 9.43. The standard InChI is InChI=1S/C50H56F2N4O11/c1-27(53-41(61)16-18-56-42(62)13-14-43(56)63)44(64)54-28(2)45(65)55(5)33-8-6-7-30(20-33)19-29-9-11-31(12-10-29)46-66-40-23-36-37-21-32(25-51)35-22-34(58)15-17-47(35,3)49(37,52)38(59)24-48(36,4)50(40,67-46)39(60)26-57/h6-15,17,20,22,27-28,32,36-38,40,46,57,59H,16,18-19,21,23-26H2,1-5H3,(H,53,61)(H,54,64)/t27-,28-,32+,36-,37-,38-,40+,46+,47-,48-,49-,50+/m0/s1. The van der Waals surface area contributed by atoms with Crippen LogP contribution in [0.2, 0.25) is 0 Å². The number of aliphatic hydroxyl groups excluding tert-OH is 2. The summed E-state index contributed by atoms with van der Waals surface area (Å²) in [5, 5.41) is 27.4. The molecule has 4 N–H and O–H groups in total. The molecule has 0 bridgehead atoms. The number of halogens is 2. The Bertz CT molecular complexity index is 2480. The zero-order chi connectivity index (χ0) is 48.4. The minimum atomic E-state index is -2.28. The molecule has 1 saturated heterocycles. The van der Waals surface area contributed by atoms with Crippen LogP contribution in [0.4, 0.5) is 14.5 Å². The number of hydrogen-bond acceptors (Lipinski definition) is 11. The van der Waals surface area contributed by atoms with Gasteiger partial charge in [-0.05, 0) is 93.4 Å². The van der Waals surface area contributed by atoms with E-state index in [4.69, 9.17) is 9.47 Å². The van der Waals surface area contributed by atoms with Crippen molar-refractivity contribution < 1.29 is 62.0 Å².